The molecule has 1 heterocycles. The van der Waals surface area contributed by atoms with Crippen molar-refractivity contribution in [3.05, 3.63) is 70.0 Å². The minimum Gasteiger partial charge on any atom is -0.320 e. The van der Waals surface area contributed by atoms with E-state index in [4.69, 9.17) is 0 Å². The van der Waals surface area contributed by atoms with Crippen LogP contribution in [0.3, 0.4) is 0 Å². The molecule has 36 heavy (non-hydrogen) atoms. The molecule has 2 aromatic rings. The number of amides is 2. The van der Waals surface area contributed by atoms with Gasteiger partial charge in [-0.15, -0.1) is 0 Å². The molecular weight excluding hydrogens is 491 g/mol. The molecule has 0 spiro atoms. The Morgan fingerprint density at radius 2 is 1.64 bits per heavy atom. The Labute approximate surface area is 204 Å². The quantitative estimate of drug-likeness (QED) is 0.482. The van der Waals surface area contributed by atoms with Crippen molar-refractivity contribution in [1.29, 1.82) is 0 Å². The average molecular weight is 517 g/mol. The van der Waals surface area contributed by atoms with E-state index in [1.807, 2.05) is 0 Å². The third-order valence-electron chi connectivity index (χ3n) is 6.82. The largest absolute Gasteiger partial charge is 0.416 e. The number of aryl methyl sites for hydroxylation is 1. The second-order valence-electron chi connectivity index (χ2n) is 9.43. The summed E-state index contributed by atoms with van der Waals surface area (Å²) in [6.45, 7) is 2.83. The highest BCUT2D eigenvalue weighted by molar-refractivity contribution is 5.76. The number of alkyl halides is 6. The van der Waals surface area contributed by atoms with Crippen LogP contribution in [0, 0.1) is 18.7 Å². The molecule has 2 atom stereocenters. The summed E-state index contributed by atoms with van der Waals surface area (Å²) in [5.74, 6) is -0.675. The lowest BCUT2D eigenvalue weighted by atomic mass is 9.95. The summed E-state index contributed by atoms with van der Waals surface area (Å²) in [6, 6.07) is 3.81. The third kappa shape index (κ3) is 5.45. The predicted octanol–water partition coefficient (Wildman–Crippen LogP) is 6.32. The second kappa shape index (κ2) is 9.57. The molecule has 2 unspecified atom stereocenters. The Bertz CT molecular complexity index is 1100. The van der Waals surface area contributed by atoms with Gasteiger partial charge in [-0.2, -0.15) is 26.3 Å². The maximum Gasteiger partial charge on any atom is 0.416 e. The van der Waals surface area contributed by atoms with Crippen molar-refractivity contribution in [2.24, 2.45) is 5.92 Å². The smallest absolute Gasteiger partial charge is 0.320 e. The van der Waals surface area contributed by atoms with Crippen molar-refractivity contribution in [3.8, 4) is 0 Å². The van der Waals surface area contributed by atoms with Gasteiger partial charge in [-0.1, -0.05) is 6.07 Å². The number of urea groups is 1. The number of halogens is 7. The number of hydrogen-bond acceptors (Lipinski definition) is 2. The Hall–Kier alpha value is -2.82. The summed E-state index contributed by atoms with van der Waals surface area (Å²) in [5.41, 5.74) is -1.65. The number of nitrogens with one attached hydrogen (secondary N) is 1. The molecule has 0 aromatic heterocycles. The summed E-state index contributed by atoms with van der Waals surface area (Å²) < 4.78 is 94.5. The maximum absolute atomic E-state index is 13.7. The zero-order valence-corrected chi connectivity index (χ0v) is 19.7. The van der Waals surface area contributed by atoms with Crippen LogP contribution in [0.1, 0.15) is 52.7 Å². The van der Waals surface area contributed by atoms with E-state index in [0.717, 1.165) is 0 Å². The first-order valence-corrected chi connectivity index (χ1v) is 11.6. The topological polar surface area (TPSA) is 35.6 Å². The molecule has 2 aromatic carbocycles. The van der Waals surface area contributed by atoms with Crippen LogP contribution in [-0.4, -0.2) is 42.5 Å². The van der Waals surface area contributed by atoms with Crippen LogP contribution in [0.4, 0.5) is 35.5 Å². The van der Waals surface area contributed by atoms with Crippen molar-refractivity contribution in [3.63, 3.8) is 0 Å². The molecule has 1 aliphatic carbocycles. The molecule has 0 radical (unpaired) electrons. The van der Waals surface area contributed by atoms with E-state index in [2.05, 4.69) is 5.32 Å². The van der Waals surface area contributed by atoms with Crippen LogP contribution < -0.4 is 5.32 Å². The lowest BCUT2D eigenvalue weighted by Gasteiger charge is -2.41. The molecular formula is C25H26F7N3O. The Balaban J connectivity index is 1.70. The van der Waals surface area contributed by atoms with Gasteiger partial charge in [0.25, 0.3) is 0 Å². The van der Waals surface area contributed by atoms with Crippen molar-refractivity contribution >= 4 is 6.03 Å². The first kappa shape index (κ1) is 26.2. The van der Waals surface area contributed by atoms with E-state index < -0.39 is 47.4 Å². The Morgan fingerprint density at radius 1 is 1.03 bits per heavy atom. The second-order valence-corrected chi connectivity index (χ2v) is 9.43. The molecule has 2 aliphatic rings. The number of hydrogen-bond donors (Lipinski definition) is 1. The fourth-order valence-electron chi connectivity index (χ4n) is 4.92. The number of rotatable bonds is 4. The minimum atomic E-state index is -4.98. The van der Waals surface area contributed by atoms with Crippen molar-refractivity contribution in [2.45, 2.75) is 44.2 Å². The minimum absolute atomic E-state index is 0.0962. The lowest BCUT2D eigenvalue weighted by Crippen LogP contribution is -2.53. The van der Waals surface area contributed by atoms with Crippen LogP contribution in [0.25, 0.3) is 0 Å². The maximum atomic E-state index is 13.7. The average Bonchev–Trinajstić information content (AvgIpc) is 3.62. The van der Waals surface area contributed by atoms with Crippen LogP contribution in [0.15, 0.2) is 36.4 Å². The van der Waals surface area contributed by atoms with Gasteiger partial charge in [0, 0.05) is 26.7 Å². The Morgan fingerprint density at radius 3 is 2.17 bits per heavy atom. The molecule has 4 nitrogen and oxygen atoms in total. The van der Waals surface area contributed by atoms with Crippen LogP contribution in [0.5, 0.6) is 0 Å². The zero-order chi connectivity index (χ0) is 26.4. The number of carbonyl (C=O) groups is 1. The molecule has 2 amide bonds. The molecule has 1 saturated heterocycles. The van der Waals surface area contributed by atoms with Gasteiger partial charge >= 0.3 is 18.4 Å². The normalized spacial score (nSPS) is 19.8. The Kier molecular flexibility index (Phi) is 6.98. The highest BCUT2D eigenvalue weighted by Crippen LogP contribution is 2.47. The third-order valence-corrected chi connectivity index (χ3v) is 6.82. The molecule has 196 valence electrons. The van der Waals surface area contributed by atoms with Gasteiger partial charge in [0.05, 0.1) is 23.2 Å². The lowest BCUT2D eigenvalue weighted by molar-refractivity contribution is -0.143. The summed E-state index contributed by atoms with van der Waals surface area (Å²) >= 11 is 0. The number of benzene rings is 2. The first-order chi connectivity index (χ1) is 16.8. The van der Waals surface area contributed by atoms with Gasteiger partial charge < -0.3 is 15.1 Å². The van der Waals surface area contributed by atoms with Gasteiger partial charge in [0.1, 0.15) is 5.82 Å². The van der Waals surface area contributed by atoms with Gasteiger partial charge in [-0.25, -0.2) is 9.18 Å². The van der Waals surface area contributed by atoms with Gasteiger partial charge in [-0.3, -0.25) is 0 Å². The number of carbonyl (C=O) groups excluding carboxylic acids is 1. The van der Waals surface area contributed by atoms with Gasteiger partial charge in [0.2, 0.25) is 0 Å². The van der Waals surface area contributed by atoms with Crippen molar-refractivity contribution in [2.75, 3.05) is 26.7 Å². The van der Waals surface area contributed by atoms with E-state index in [9.17, 15) is 35.5 Å². The molecule has 2 fully saturated rings. The van der Waals surface area contributed by atoms with Crippen LogP contribution in [-0.2, 0) is 12.4 Å². The monoisotopic (exact) mass is 517 g/mol. The highest BCUT2D eigenvalue weighted by Gasteiger charge is 2.43. The van der Waals surface area contributed by atoms with E-state index >= 15 is 0 Å². The summed E-state index contributed by atoms with van der Waals surface area (Å²) in [5, 5.41) is 3.19. The van der Waals surface area contributed by atoms with Gasteiger partial charge in [0.15, 0.2) is 0 Å². The van der Waals surface area contributed by atoms with E-state index in [-0.39, 0.29) is 24.1 Å². The SMILES string of the molecule is Cc1cc(F)ccc1C1CNCCN1C(=O)N(C)C(c1cc(C(F)(F)F)cc(C(F)(F)F)c1)C1CC1. The van der Waals surface area contributed by atoms with Crippen molar-refractivity contribution < 1.29 is 35.5 Å². The van der Waals surface area contributed by atoms with E-state index in [1.54, 1.807) is 17.9 Å². The molecule has 1 saturated carbocycles. The predicted molar refractivity (Wildman–Crippen MR) is 119 cm³/mol. The number of piperazine rings is 1. The summed E-state index contributed by atoms with van der Waals surface area (Å²) in [7, 11) is 1.41. The standard InChI is InChI=1S/C25H26F7N3O/c1-14-9-19(26)5-6-20(14)21-13-33-7-8-35(21)23(36)34(2)22(15-3-4-15)16-10-17(24(27,28)29)12-18(11-16)25(30,31)32/h5-6,9-12,15,21-22,33H,3-4,7-8,13H2,1-2H3. The molecule has 4 rings (SSSR count). The molecule has 1 N–H and O–H groups in total. The highest BCUT2D eigenvalue weighted by atomic mass is 19.4. The van der Waals surface area contributed by atoms with E-state index in [0.29, 0.717) is 49.2 Å². The number of nitrogens with zero attached hydrogens (tertiary/aromatic N) is 2. The van der Waals surface area contributed by atoms with E-state index in [1.165, 1.54) is 24.1 Å². The van der Waals surface area contributed by atoms with Gasteiger partial charge in [-0.05, 0) is 72.7 Å². The zero-order valence-electron chi connectivity index (χ0n) is 19.7. The fourth-order valence-corrected chi connectivity index (χ4v) is 4.92. The molecule has 1 aliphatic heterocycles. The van der Waals surface area contributed by atoms with Crippen molar-refractivity contribution in [1.82, 2.24) is 15.1 Å². The summed E-state index contributed by atoms with van der Waals surface area (Å²) in [6.07, 6.45) is -8.78. The summed E-state index contributed by atoms with van der Waals surface area (Å²) in [4.78, 5) is 16.5. The van der Waals surface area contributed by atoms with Crippen LogP contribution in [0.2, 0.25) is 0 Å². The first-order valence-electron chi connectivity index (χ1n) is 11.6. The van der Waals surface area contributed by atoms with Crippen LogP contribution >= 0.6 is 0 Å². The molecule has 11 heteroatoms. The fraction of sp³-hybridized carbons (Fsp3) is 0.480. The molecule has 0 bridgehead atoms.